The first kappa shape index (κ1) is 13.6. The van der Waals surface area contributed by atoms with Crippen LogP contribution in [-0.4, -0.2) is 41.1 Å². The number of aliphatic carboxylic acids is 2. The third-order valence-electron chi connectivity index (χ3n) is 4.34. The van der Waals surface area contributed by atoms with E-state index < -0.39 is 11.9 Å². The zero-order valence-electron chi connectivity index (χ0n) is 11.4. The third-order valence-corrected chi connectivity index (χ3v) is 4.34. The van der Waals surface area contributed by atoms with Crippen molar-refractivity contribution in [3.05, 3.63) is 35.4 Å². The van der Waals surface area contributed by atoms with Gasteiger partial charge in [-0.2, -0.15) is 0 Å². The minimum Gasteiger partial charge on any atom is -0.473 e. The van der Waals surface area contributed by atoms with Gasteiger partial charge in [-0.05, 0) is 29.9 Å². The minimum absolute atomic E-state index is 0.389. The number of nitrogens with zero attached hydrogens (tertiary/aromatic N) is 1. The molecule has 2 unspecified atom stereocenters. The molecule has 6 nitrogen and oxygen atoms in total. The van der Waals surface area contributed by atoms with Gasteiger partial charge in [-0.3, -0.25) is 4.99 Å². The Bertz CT molecular complexity index is 628. The fourth-order valence-electron chi connectivity index (χ4n) is 3.36. The summed E-state index contributed by atoms with van der Waals surface area (Å²) in [5.41, 5.74) is 3.51. The Morgan fingerprint density at radius 3 is 2.52 bits per heavy atom. The molecule has 1 fully saturated rings. The molecule has 2 aliphatic carbocycles. The molecule has 1 aliphatic heterocycles. The van der Waals surface area contributed by atoms with E-state index >= 15 is 0 Å². The molecule has 0 aromatic heterocycles. The number of carboxylic acids is 2. The summed E-state index contributed by atoms with van der Waals surface area (Å²) in [6, 6.07) is 8.89. The Hall–Kier alpha value is -2.37. The smallest absolute Gasteiger partial charge is 0.414 e. The number of nitrogens with one attached hydrogen (secondary N) is 1. The van der Waals surface area contributed by atoms with E-state index in [2.05, 4.69) is 34.6 Å². The molecule has 1 saturated carbocycles. The first-order chi connectivity index (χ1) is 10.0. The zero-order valence-corrected chi connectivity index (χ0v) is 11.4. The standard InChI is InChI=1S/C13H14N2.C2H2O4/c1-2-4-10-9(3-1)7-13(8-11(10)13)12-14-5-6-15-12;3-1(4)2(5)6/h1-4,11H,5-8H2,(H,14,15);(H,3,4)(H,5,6). The number of rotatable bonds is 1. The normalized spacial score (nSPS) is 27.4. The maximum absolute atomic E-state index is 9.10. The molecule has 0 spiro atoms. The van der Waals surface area contributed by atoms with Crippen LogP contribution >= 0.6 is 0 Å². The molecule has 1 aromatic rings. The lowest BCUT2D eigenvalue weighted by atomic mass is 10.00. The van der Waals surface area contributed by atoms with E-state index in [1.165, 1.54) is 18.7 Å². The van der Waals surface area contributed by atoms with Crippen molar-refractivity contribution in [3.63, 3.8) is 0 Å². The van der Waals surface area contributed by atoms with Crippen molar-refractivity contribution in [2.45, 2.75) is 18.8 Å². The summed E-state index contributed by atoms with van der Waals surface area (Å²) in [5, 5.41) is 18.2. The van der Waals surface area contributed by atoms with Crippen LogP contribution in [0, 0.1) is 5.41 Å². The number of benzene rings is 1. The predicted octanol–water partition coefficient (Wildman–Crippen LogP) is 0.874. The molecule has 2 atom stereocenters. The Balaban J connectivity index is 0.000000192. The molecular weight excluding hydrogens is 272 g/mol. The van der Waals surface area contributed by atoms with Crippen LogP contribution in [0.25, 0.3) is 0 Å². The monoisotopic (exact) mass is 288 g/mol. The molecular formula is C15H16N2O4. The summed E-state index contributed by atoms with van der Waals surface area (Å²) in [5.74, 6) is -1.59. The third kappa shape index (κ3) is 2.26. The predicted molar refractivity (Wildman–Crippen MR) is 75.5 cm³/mol. The van der Waals surface area contributed by atoms with Gasteiger partial charge >= 0.3 is 11.9 Å². The lowest BCUT2D eigenvalue weighted by Gasteiger charge is -2.12. The van der Waals surface area contributed by atoms with Gasteiger partial charge in [0.1, 0.15) is 5.84 Å². The van der Waals surface area contributed by atoms with E-state index in [9.17, 15) is 0 Å². The Morgan fingerprint density at radius 2 is 1.95 bits per heavy atom. The van der Waals surface area contributed by atoms with Crippen molar-refractivity contribution in [1.29, 1.82) is 0 Å². The molecule has 3 aliphatic rings. The van der Waals surface area contributed by atoms with E-state index in [0.717, 1.165) is 19.0 Å². The molecule has 3 N–H and O–H groups in total. The SMILES string of the molecule is O=C(O)C(=O)O.c1ccc2c(c1)CC1(C3=NCCN3)CC21. The van der Waals surface area contributed by atoms with Crippen LogP contribution < -0.4 is 5.32 Å². The van der Waals surface area contributed by atoms with Crippen LogP contribution in [0.15, 0.2) is 29.3 Å². The maximum atomic E-state index is 9.10. The molecule has 0 amide bonds. The molecule has 0 bridgehead atoms. The van der Waals surface area contributed by atoms with Crippen LogP contribution in [0.2, 0.25) is 0 Å². The second-order valence-electron chi connectivity index (χ2n) is 5.56. The number of fused-ring (bicyclic) bond motifs is 3. The molecule has 1 heterocycles. The molecule has 0 saturated heterocycles. The molecule has 1 aromatic carbocycles. The fourth-order valence-corrected chi connectivity index (χ4v) is 3.36. The van der Waals surface area contributed by atoms with E-state index in [-0.39, 0.29) is 0 Å². The van der Waals surface area contributed by atoms with Crippen molar-refractivity contribution >= 4 is 17.8 Å². The summed E-state index contributed by atoms with van der Waals surface area (Å²) in [6.45, 7) is 2.01. The number of hydrogen-bond donors (Lipinski definition) is 3. The Kier molecular flexibility index (Phi) is 3.16. The average Bonchev–Trinajstić information content (AvgIpc) is 2.88. The van der Waals surface area contributed by atoms with Crippen LogP contribution in [0.3, 0.4) is 0 Å². The van der Waals surface area contributed by atoms with Crippen molar-refractivity contribution in [2.75, 3.05) is 13.1 Å². The van der Waals surface area contributed by atoms with E-state index in [1.54, 1.807) is 11.1 Å². The van der Waals surface area contributed by atoms with Crippen LogP contribution in [0.5, 0.6) is 0 Å². The quantitative estimate of drug-likeness (QED) is 0.666. The van der Waals surface area contributed by atoms with Crippen LogP contribution in [-0.2, 0) is 16.0 Å². The van der Waals surface area contributed by atoms with Gasteiger partial charge < -0.3 is 15.5 Å². The van der Waals surface area contributed by atoms with Gasteiger partial charge in [0.15, 0.2) is 0 Å². The minimum atomic E-state index is -1.82. The van der Waals surface area contributed by atoms with Gasteiger partial charge in [0.25, 0.3) is 0 Å². The zero-order chi connectivity index (χ0) is 15.0. The van der Waals surface area contributed by atoms with Gasteiger partial charge in [0.2, 0.25) is 0 Å². The molecule has 110 valence electrons. The Morgan fingerprint density at radius 1 is 1.24 bits per heavy atom. The summed E-state index contributed by atoms with van der Waals surface area (Å²) in [6.07, 6.45) is 2.52. The lowest BCUT2D eigenvalue weighted by Crippen LogP contribution is -2.29. The topological polar surface area (TPSA) is 99.0 Å². The fraction of sp³-hybridized carbons (Fsp3) is 0.400. The van der Waals surface area contributed by atoms with Crippen molar-refractivity contribution in [1.82, 2.24) is 5.32 Å². The van der Waals surface area contributed by atoms with E-state index in [1.807, 2.05) is 0 Å². The number of carbonyl (C=O) groups is 2. The lowest BCUT2D eigenvalue weighted by molar-refractivity contribution is -0.159. The number of amidine groups is 1. The highest BCUT2D eigenvalue weighted by atomic mass is 16.4. The number of hydrogen-bond acceptors (Lipinski definition) is 4. The summed E-state index contributed by atoms with van der Waals surface area (Å²) >= 11 is 0. The van der Waals surface area contributed by atoms with Gasteiger partial charge in [-0.1, -0.05) is 24.3 Å². The molecule has 21 heavy (non-hydrogen) atoms. The first-order valence-corrected chi connectivity index (χ1v) is 6.87. The first-order valence-electron chi connectivity index (χ1n) is 6.87. The second-order valence-corrected chi connectivity index (χ2v) is 5.56. The number of carboxylic acid groups (broad SMARTS) is 2. The second kappa shape index (κ2) is 4.87. The van der Waals surface area contributed by atoms with Crippen molar-refractivity contribution in [2.24, 2.45) is 10.4 Å². The van der Waals surface area contributed by atoms with Gasteiger partial charge in [0, 0.05) is 12.0 Å². The highest BCUT2D eigenvalue weighted by Crippen LogP contribution is 2.67. The van der Waals surface area contributed by atoms with Gasteiger partial charge in [-0.15, -0.1) is 0 Å². The van der Waals surface area contributed by atoms with E-state index in [4.69, 9.17) is 19.8 Å². The molecule has 6 heteroatoms. The van der Waals surface area contributed by atoms with Gasteiger partial charge in [0.05, 0.1) is 6.54 Å². The molecule has 0 radical (unpaired) electrons. The average molecular weight is 288 g/mol. The molecule has 4 rings (SSSR count). The maximum Gasteiger partial charge on any atom is 0.414 e. The van der Waals surface area contributed by atoms with Gasteiger partial charge in [-0.25, -0.2) is 9.59 Å². The highest BCUT2D eigenvalue weighted by Gasteiger charge is 2.63. The largest absolute Gasteiger partial charge is 0.473 e. The summed E-state index contributed by atoms with van der Waals surface area (Å²) < 4.78 is 0. The number of aliphatic imine (C=N–C) groups is 1. The van der Waals surface area contributed by atoms with Crippen LogP contribution in [0.4, 0.5) is 0 Å². The summed E-state index contributed by atoms with van der Waals surface area (Å²) in [7, 11) is 0. The van der Waals surface area contributed by atoms with Crippen molar-refractivity contribution < 1.29 is 19.8 Å². The van der Waals surface area contributed by atoms with Crippen LogP contribution in [0.1, 0.15) is 23.5 Å². The summed E-state index contributed by atoms with van der Waals surface area (Å²) in [4.78, 5) is 22.8. The highest BCUT2D eigenvalue weighted by molar-refractivity contribution is 6.27. The van der Waals surface area contributed by atoms with Crippen molar-refractivity contribution in [3.8, 4) is 0 Å². The Labute approximate surface area is 121 Å². The van der Waals surface area contributed by atoms with E-state index in [0.29, 0.717) is 5.41 Å².